The molecule has 0 bridgehead atoms. The number of nitrogens with zero attached hydrogens (tertiary/aromatic N) is 5. The highest BCUT2D eigenvalue weighted by molar-refractivity contribution is 7.17. The van der Waals surface area contributed by atoms with Crippen molar-refractivity contribution in [3.8, 4) is 5.88 Å². The van der Waals surface area contributed by atoms with Crippen molar-refractivity contribution in [3.63, 3.8) is 0 Å². The standard InChI is InChI=1S/C16H19N5O3S/c1-10-17-16-21(18-10)15(23)14(25-16)13(12-4-3-9-24-12)20-7-5-19(6-8-20)11(2)22/h3-4,9,13,23H,5-8H2,1-2H3. The molecule has 8 nitrogen and oxygen atoms in total. The van der Waals surface area contributed by atoms with E-state index in [1.165, 1.54) is 15.9 Å². The van der Waals surface area contributed by atoms with Gasteiger partial charge < -0.3 is 14.4 Å². The van der Waals surface area contributed by atoms with Crippen LogP contribution in [0.3, 0.4) is 0 Å². The number of furan rings is 1. The van der Waals surface area contributed by atoms with Crippen molar-refractivity contribution in [1.29, 1.82) is 0 Å². The molecule has 4 rings (SSSR count). The summed E-state index contributed by atoms with van der Waals surface area (Å²) in [5, 5.41) is 14.9. The number of amides is 1. The lowest BCUT2D eigenvalue weighted by Crippen LogP contribution is -2.49. The molecule has 132 valence electrons. The van der Waals surface area contributed by atoms with Crippen LogP contribution in [0.4, 0.5) is 0 Å². The smallest absolute Gasteiger partial charge is 0.230 e. The molecule has 0 saturated carbocycles. The number of piperazine rings is 1. The van der Waals surface area contributed by atoms with Crippen molar-refractivity contribution in [3.05, 3.63) is 34.9 Å². The molecule has 25 heavy (non-hydrogen) atoms. The second-order valence-corrected chi connectivity index (χ2v) is 7.11. The highest BCUT2D eigenvalue weighted by atomic mass is 32.1. The predicted molar refractivity (Wildman–Crippen MR) is 91.6 cm³/mol. The minimum Gasteiger partial charge on any atom is -0.492 e. The zero-order valence-corrected chi connectivity index (χ0v) is 14.9. The van der Waals surface area contributed by atoms with Gasteiger partial charge in [-0.1, -0.05) is 11.3 Å². The van der Waals surface area contributed by atoms with E-state index in [4.69, 9.17) is 4.42 Å². The van der Waals surface area contributed by atoms with Crippen LogP contribution in [0.25, 0.3) is 4.96 Å². The Morgan fingerprint density at radius 2 is 2.12 bits per heavy atom. The lowest BCUT2D eigenvalue weighted by molar-refractivity contribution is -0.130. The molecule has 1 N–H and O–H groups in total. The van der Waals surface area contributed by atoms with Gasteiger partial charge in [0.1, 0.15) is 17.6 Å². The van der Waals surface area contributed by atoms with Crippen molar-refractivity contribution in [2.75, 3.05) is 26.2 Å². The topological polar surface area (TPSA) is 87.1 Å². The summed E-state index contributed by atoms with van der Waals surface area (Å²) in [7, 11) is 0. The van der Waals surface area contributed by atoms with Gasteiger partial charge in [0.25, 0.3) is 0 Å². The van der Waals surface area contributed by atoms with E-state index in [1.807, 2.05) is 17.0 Å². The summed E-state index contributed by atoms with van der Waals surface area (Å²) in [6.07, 6.45) is 1.63. The van der Waals surface area contributed by atoms with Gasteiger partial charge in [-0.3, -0.25) is 9.69 Å². The summed E-state index contributed by atoms with van der Waals surface area (Å²) >= 11 is 1.41. The quantitative estimate of drug-likeness (QED) is 0.763. The number of hydrogen-bond acceptors (Lipinski definition) is 7. The molecule has 1 saturated heterocycles. The number of carbonyl (C=O) groups is 1. The SMILES string of the molecule is CC(=O)N1CCN(C(c2ccco2)c2sc3nc(C)nn3c2O)CC1. The van der Waals surface area contributed by atoms with Crippen LogP contribution >= 0.6 is 11.3 Å². The first-order valence-corrected chi connectivity index (χ1v) is 8.94. The maximum Gasteiger partial charge on any atom is 0.230 e. The number of aryl methyl sites for hydroxylation is 1. The van der Waals surface area contributed by atoms with Crippen LogP contribution in [0.15, 0.2) is 22.8 Å². The third-order valence-electron chi connectivity index (χ3n) is 4.49. The van der Waals surface area contributed by atoms with Crippen molar-refractivity contribution >= 4 is 22.2 Å². The van der Waals surface area contributed by atoms with E-state index >= 15 is 0 Å². The summed E-state index contributed by atoms with van der Waals surface area (Å²) < 4.78 is 7.12. The molecule has 3 aromatic heterocycles. The number of thiazole rings is 1. The first kappa shape index (κ1) is 16.1. The number of rotatable bonds is 3. The second kappa shape index (κ2) is 6.16. The van der Waals surface area contributed by atoms with Crippen molar-refractivity contribution in [2.24, 2.45) is 0 Å². The van der Waals surface area contributed by atoms with Crippen LogP contribution in [0, 0.1) is 6.92 Å². The van der Waals surface area contributed by atoms with Crippen LogP contribution in [0.1, 0.15) is 29.4 Å². The second-order valence-electron chi connectivity index (χ2n) is 6.10. The summed E-state index contributed by atoms with van der Waals surface area (Å²) in [6, 6.07) is 3.52. The molecule has 1 amide bonds. The fraction of sp³-hybridized carbons (Fsp3) is 0.438. The summed E-state index contributed by atoms with van der Waals surface area (Å²) in [4.78, 5) is 21.4. The normalized spacial score (nSPS) is 17.3. The average molecular weight is 361 g/mol. The number of fused-ring (bicyclic) bond motifs is 1. The third kappa shape index (κ3) is 2.79. The molecule has 1 aliphatic rings. The largest absolute Gasteiger partial charge is 0.492 e. The van der Waals surface area contributed by atoms with Crippen LogP contribution < -0.4 is 0 Å². The van der Waals surface area contributed by atoms with Gasteiger partial charge in [0.2, 0.25) is 16.7 Å². The Labute approximate surface area is 148 Å². The monoisotopic (exact) mass is 361 g/mol. The van der Waals surface area contributed by atoms with E-state index in [0.717, 1.165) is 10.6 Å². The van der Waals surface area contributed by atoms with Gasteiger partial charge in [-0.2, -0.15) is 4.52 Å². The van der Waals surface area contributed by atoms with Crippen molar-refractivity contribution in [2.45, 2.75) is 19.9 Å². The Hall–Kier alpha value is -2.39. The van der Waals surface area contributed by atoms with E-state index in [1.54, 1.807) is 20.1 Å². The van der Waals surface area contributed by atoms with E-state index in [-0.39, 0.29) is 17.8 Å². The molecule has 1 atom stereocenters. The van der Waals surface area contributed by atoms with E-state index in [2.05, 4.69) is 15.0 Å². The zero-order valence-electron chi connectivity index (χ0n) is 14.0. The summed E-state index contributed by atoms with van der Waals surface area (Å²) in [6.45, 7) is 6.12. The van der Waals surface area contributed by atoms with E-state index < -0.39 is 0 Å². The molecule has 9 heteroatoms. The fourth-order valence-corrected chi connectivity index (χ4v) is 4.39. The first-order chi connectivity index (χ1) is 12.0. The molecular formula is C16H19N5O3S. The minimum atomic E-state index is -0.224. The minimum absolute atomic E-state index is 0.0892. The molecule has 0 aliphatic carbocycles. The Morgan fingerprint density at radius 3 is 2.72 bits per heavy atom. The highest BCUT2D eigenvalue weighted by Gasteiger charge is 2.33. The van der Waals surface area contributed by atoms with Crippen LogP contribution in [-0.4, -0.2) is 61.6 Å². The van der Waals surface area contributed by atoms with Gasteiger partial charge in [0.15, 0.2) is 0 Å². The van der Waals surface area contributed by atoms with Gasteiger partial charge in [-0.05, 0) is 19.1 Å². The lowest BCUT2D eigenvalue weighted by Gasteiger charge is -2.37. The van der Waals surface area contributed by atoms with Crippen LogP contribution in [0.2, 0.25) is 0 Å². The third-order valence-corrected chi connectivity index (χ3v) is 5.56. The Bertz CT molecular complexity index is 893. The Kier molecular flexibility index (Phi) is 3.97. The summed E-state index contributed by atoms with van der Waals surface area (Å²) in [5.74, 6) is 1.56. The molecule has 1 aliphatic heterocycles. The van der Waals surface area contributed by atoms with Gasteiger partial charge in [-0.25, -0.2) is 4.98 Å². The van der Waals surface area contributed by atoms with E-state index in [0.29, 0.717) is 37.0 Å². The van der Waals surface area contributed by atoms with Gasteiger partial charge in [0, 0.05) is 33.1 Å². The lowest BCUT2D eigenvalue weighted by atomic mass is 10.1. The number of hydrogen-bond donors (Lipinski definition) is 1. The Balaban J connectivity index is 1.70. The number of aromatic nitrogens is 3. The molecule has 4 heterocycles. The first-order valence-electron chi connectivity index (χ1n) is 8.12. The highest BCUT2D eigenvalue weighted by Crippen LogP contribution is 2.40. The van der Waals surface area contributed by atoms with Crippen molar-refractivity contribution in [1.82, 2.24) is 24.4 Å². The molecule has 0 aromatic carbocycles. The molecular weight excluding hydrogens is 342 g/mol. The predicted octanol–water partition coefficient (Wildman–Crippen LogP) is 1.65. The maximum absolute atomic E-state index is 11.6. The molecule has 1 unspecified atom stereocenters. The number of aromatic hydroxyl groups is 1. The molecule has 1 fully saturated rings. The zero-order chi connectivity index (χ0) is 17.6. The van der Waals surface area contributed by atoms with Crippen molar-refractivity contribution < 1.29 is 14.3 Å². The van der Waals surface area contributed by atoms with Gasteiger partial charge in [-0.15, -0.1) is 5.10 Å². The van der Waals surface area contributed by atoms with Gasteiger partial charge in [0.05, 0.1) is 11.1 Å². The maximum atomic E-state index is 11.6. The summed E-state index contributed by atoms with van der Waals surface area (Å²) in [5.41, 5.74) is 0. The fourth-order valence-electron chi connectivity index (χ4n) is 3.24. The van der Waals surface area contributed by atoms with Crippen LogP contribution in [0.5, 0.6) is 5.88 Å². The number of carbonyl (C=O) groups excluding carboxylic acids is 1. The Morgan fingerprint density at radius 1 is 1.36 bits per heavy atom. The van der Waals surface area contributed by atoms with Gasteiger partial charge >= 0.3 is 0 Å². The van der Waals surface area contributed by atoms with E-state index in [9.17, 15) is 9.90 Å². The van der Waals surface area contributed by atoms with Crippen LogP contribution in [-0.2, 0) is 4.79 Å². The molecule has 0 radical (unpaired) electrons. The average Bonchev–Trinajstić information content (AvgIpc) is 3.29. The molecule has 3 aromatic rings. The molecule has 0 spiro atoms.